The molecule has 1 aliphatic heterocycles. The monoisotopic (exact) mass is 488 g/mol. The fraction of sp³-hybridized carbons (Fsp3) is 0.370. The van der Waals surface area contributed by atoms with Crippen LogP contribution in [0.2, 0.25) is 0 Å². The maximum Gasteiger partial charge on any atom is 0.158 e. The van der Waals surface area contributed by atoms with Crippen LogP contribution in [-0.4, -0.2) is 60.5 Å². The van der Waals surface area contributed by atoms with Crippen LogP contribution in [-0.2, 0) is 11.3 Å². The van der Waals surface area contributed by atoms with Crippen LogP contribution in [0.25, 0.3) is 21.3 Å². The van der Waals surface area contributed by atoms with Gasteiger partial charge in [-0.05, 0) is 57.3 Å². The molecule has 0 bridgehead atoms. The predicted octanol–water partition coefficient (Wildman–Crippen LogP) is 5.13. The number of nitrogens with one attached hydrogen (secondary N) is 1. The van der Waals surface area contributed by atoms with Crippen LogP contribution >= 0.6 is 11.3 Å². The number of thiophene rings is 1. The fourth-order valence-electron chi connectivity index (χ4n) is 4.50. The van der Waals surface area contributed by atoms with Gasteiger partial charge >= 0.3 is 0 Å². The SMILES string of the molecule is Cc1nnc(N[C@H](C)c2ccc(-c3ccccc3CN(C)C)s2)c2cc(N3CCOCC3)cnc12. The minimum Gasteiger partial charge on any atom is -0.378 e. The van der Waals surface area contributed by atoms with Crippen LogP contribution in [0, 0.1) is 6.92 Å². The Labute approximate surface area is 210 Å². The number of nitrogens with zero attached hydrogens (tertiary/aromatic N) is 5. The standard InChI is InChI=1S/C27H32N6OS/c1-18(24-9-10-25(35-24)22-8-6-5-7-20(22)17-32(3)4)29-27-23-15-21(33-11-13-34-14-12-33)16-28-26(23)19(2)30-31-27/h5-10,15-16,18H,11-14,17H2,1-4H3,(H,29,31)/t18-/m1/s1. The van der Waals surface area contributed by atoms with Gasteiger partial charge in [0.05, 0.1) is 42.4 Å². The summed E-state index contributed by atoms with van der Waals surface area (Å²) in [5.41, 5.74) is 5.45. The Balaban J connectivity index is 1.42. The molecule has 1 N–H and O–H groups in total. The van der Waals surface area contributed by atoms with Gasteiger partial charge in [0.1, 0.15) is 0 Å². The average Bonchev–Trinajstić information content (AvgIpc) is 3.36. The van der Waals surface area contributed by atoms with Crippen molar-refractivity contribution < 1.29 is 4.74 Å². The normalized spacial score (nSPS) is 15.1. The van der Waals surface area contributed by atoms with Crippen molar-refractivity contribution in [1.29, 1.82) is 0 Å². The molecule has 4 aromatic rings. The van der Waals surface area contributed by atoms with Crippen molar-refractivity contribution >= 4 is 33.7 Å². The van der Waals surface area contributed by atoms with Crippen molar-refractivity contribution in [2.24, 2.45) is 0 Å². The summed E-state index contributed by atoms with van der Waals surface area (Å²) >= 11 is 1.82. The van der Waals surface area contributed by atoms with Crippen molar-refractivity contribution in [2.75, 3.05) is 50.6 Å². The van der Waals surface area contributed by atoms with Gasteiger partial charge in [-0.15, -0.1) is 16.4 Å². The van der Waals surface area contributed by atoms with Crippen LogP contribution < -0.4 is 10.2 Å². The molecule has 1 saturated heterocycles. The third-order valence-electron chi connectivity index (χ3n) is 6.32. The highest BCUT2D eigenvalue weighted by molar-refractivity contribution is 7.15. The van der Waals surface area contributed by atoms with Gasteiger partial charge in [0.25, 0.3) is 0 Å². The van der Waals surface area contributed by atoms with E-state index in [4.69, 9.17) is 9.72 Å². The summed E-state index contributed by atoms with van der Waals surface area (Å²) in [6, 6.07) is 15.4. The van der Waals surface area contributed by atoms with Crippen LogP contribution in [0.4, 0.5) is 11.5 Å². The number of pyridine rings is 1. The Morgan fingerprint density at radius 1 is 1.11 bits per heavy atom. The number of rotatable bonds is 7. The van der Waals surface area contributed by atoms with E-state index in [2.05, 4.69) is 88.8 Å². The first-order chi connectivity index (χ1) is 17.0. The van der Waals surface area contributed by atoms with E-state index in [1.165, 1.54) is 20.9 Å². The molecule has 0 aliphatic carbocycles. The first kappa shape index (κ1) is 23.7. The second kappa shape index (κ2) is 10.3. The first-order valence-corrected chi connectivity index (χ1v) is 12.9. The van der Waals surface area contributed by atoms with Gasteiger partial charge in [0.2, 0.25) is 0 Å². The largest absolute Gasteiger partial charge is 0.378 e. The maximum absolute atomic E-state index is 5.52. The molecule has 0 amide bonds. The molecule has 0 spiro atoms. The molecule has 8 heteroatoms. The van der Waals surface area contributed by atoms with Gasteiger partial charge in [-0.1, -0.05) is 24.3 Å². The predicted molar refractivity (Wildman–Crippen MR) is 144 cm³/mol. The molecule has 0 radical (unpaired) electrons. The lowest BCUT2D eigenvalue weighted by molar-refractivity contribution is 0.122. The summed E-state index contributed by atoms with van der Waals surface area (Å²) in [6.45, 7) is 8.28. The second-order valence-electron chi connectivity index (χ2n) is 9.29. The number of anilines is 2. The topological polar surface area (TPSA) is 66.4 Å². The summed E-state index contributed by atoms with van der Waals surface area (Å²) < 4.78 is 5.52. The van der Waals surface area contributed by atoms with E-state index in [1.807, 2.05) is 24.5 Å². The molecule has 7 nitrogen and oxygen atoms in total. The lowest BCUT2D eigenvalue weighted by Crippen LogP contribution is -2.36. The van der Waals surface area contributed by atoms with E-state index in [0.717, 1.165) is 61.0 Å². The minimum absolute atomic E-state index is 0.0852. The van der Waals surface area contributed by atoms with E-state index in [-0.39, 0.29) is 6.04 Å². The molecule has 1 aliphatic rings. The van der Waals surface area contributed by atoms with E-state index < -0.39 is 0 Å². The summed E-state index contributed by atoms with van der Waals surface area (Å²) in [5, 5.41) is 13.5. The highest BCUT2D eigenvalue weighted by atomic mass is 32.1. The maximum atomic E-state index is 5.52. The number of ether oxygens (including phenoxy) is 1. The zero-order chi connectivity index (χ0) is 24.4. The Hall–Kier alpha value is -3.07. The molecule has 3 aromatic heterocycles. The van der Waals surface area contributed by atoms with Gasteiger partial charge in [0.15, 0.2) is 5.82 Å². The minimum atomic E-state index is 0.0852. The number of fused-ring (bicyclic) bond motifs is 1. The lowest BCUT2D eigenvalue weighted by atomic mass is 10.1. The lowest BCUT2D eigenvalue weighted by Gasteiger charge is -2.28. The highest BCUT2D eigenvalue weighted by Crippen LogP contribution is 2.36. The third-order valence-corrected chi connectivity index (χ3v) is 7.62. The molecule has 0 unspecified atom stereocenters. The summed E-state index contributed by atoms with van der Waals surface area (Å²) in [6.07, 6.45) is 1.94. The third kappa shape index (κ3) is 5.15. The molecule has 1 aromatic carbocycles. The van der Waals surface area contributed by atoms with E-state index >= 15 is 0 Å². The number of aromatic nitrogens is 3. The van der Waals surface area contributed by atoms with Gasteiger partial charge in [-0.25, -0.2) is 0 Å². The Morgan fingerprint density at radius 3 is 2.71 bits per heavy atom. The highest BCUT2D eigenvalue weighted by Gasteiger charge is 2.18. The summed E-state index contributed by atoms with van der Waals surface area (Å²) in [4.78, 5) is 11.8. The van der Waals surface area contributed by atoms with Gasteiger partial charge in [-0.3, -0.25) is 4.98 Å². The number of hydrogen-bond acceptors (Lipinski definition) is 8. The van der Waals surface area contributed by atoms with Gasteiger partial charge in [-0.2, -0.15) is 5.10 Å². The molecular formula is C27H32N6OS. The zero-order valence-corrected chi connectivity index (χ0v) is 21.6. The number of hydrogen-bond donors (Lipinski definition) is 1. The van der Waals surface area contributed by atoms with Crippen molar-refractivity contribution in [2.45, 2.75) is 26.4 Å². The number of aryl methyl sites for hydroxylation is 1. The molecular weight excluding hydrogens is 456 g/mol. The van der Waals surface area contributed by atoms with Gasteiger partial charge in [0, 0.05) is 34.8 Å². The number of morpholine rings is 1. The molecule has 0 saturated carbocycles. The molecule has 182 valence electrons. The molecule has 35 heavy (non-hydrogen) atoms. The van der Waals surface area contributed by atoms with E-state index in [0.29, 0.717) is 0 Å². The average molecular weight is 489 g/mol. The van der Waals surface area contributed by atoms with Crippen LogP contribution in [0.5, 0.6) is 0 Å². The smallest absolute Gasteiger partial charge is 0.158 e. The summed E-state index contributed by atoms with van der Waals surface area (Å²) in [7, 11) is 4.21. The fourth-order valence-corrected chi connectivity index (χ4v) is 5.57. The van der Waals surface area contributed by atoms with Gasteiger partial charge < -0.3 is 19.9 Å². The van der Waals surface area contributed by atoms with Crippen LogP contribution in [0.1, 0.15) is 29.1 Å². The quantitative estimate of drug-likeness (QED) is 0.387. The Bertz CT molecular complexity index is 1310. The Morgan fingerprint density at radius 2 is 1.91 bits per heavy atom. The summed E-state index contributed by atoms with van der Waals surface area (Å²) in [5.74, 6) is 0.767. The second-order valence-corrected chi connectivity index (χ2v) is 10.4. The molecule has 1 atom stereocenters. The first-order valence-electron chi connectivity index (χ1n) is 12.0. The zero-order valence-electron chi connectivity index (χ0n) is 20.8. The van der Waals surface area contributed by atoms with E-state index in [1.54, 1.807) is 0 Å². The molecule has 1 fully saturated rings. The van der Waals surface area contributed by atoms with Crippen LogP contribution in [0.3, 0.4) is 0 Å². The van der Waals surface area contributed by atoms with E-state index in [9.17, 15) is 0 Å². The number of benzene rings is 1. The van der Waals surface area contributed by atoms with Crippen molar-refractivity contribution in [3.8, 4) is 10.4 Å². The van der Waals surface area contributed by atoms with Crippen molar-refractivity contribution in [1.82, 2.24) is 20.1 Å². The van der Waals surface area contributed by atoms with Crippen molar-refractivity contribution in [3.63, 3.8) is 0 Å². The molecule has 4 heterocycles. The molecule has 5 rings (SSSR count). The van der Waals surface area contributed by atoms with Crippen molar-refractivity contribution in [3.05, 3.63) is 64.8 Å². The Kier molecular flexibility index (Phi) is 6.95. The van der Waals surface area contributed by atoms with Crippen LogP contribution in [0.15, 0.2) is 48.7 Å².